The summed E-state index contributed by atoms with van der Waals surface area (Å²) >= 11 is 9.69. The van der Waals surface area contributed by atoms with Gasteiger partial charge < -0.3 is 14.7 Å². The number of carbonyl (C=O) groups excluding carboxylic acids is 1. The topological polar surface area (TPSA) is 66.8 Å². The molecule has 0 atom stereocenters. The van der Waals surface area contributed by atoms with E-state index < -0.39 is 5.97 Å². The molecular weight excluding hydrogens is 506 g/mol. The lowest BCUT2D eigenvalue weighted by Crippen LogP contribution is -2.35. The molecule has 0 saturated heterocycles. The van der Waals surface area contributed by atoms with Crippen molar-refractivity contribution in [1.29, 1.82) is 0 Å². The van der Waals surface area contributed by atoms with Gasteiger partial charge in [0.05, 0.1) is 17.8 Å². The normalized spacial score (nSPS) is 10.8. The Hall–Kier alpha value is -2.83. The third kappa shape index (κ3) is 6.15. The van der Waals surface area contributed by atoms with Crippen LogP contribution in [0.15, 0.2) is 65.1 Å². The quantitative estimate of drug-likeness (QED) is 0.346. The highest BCUT2D eigenvalue weighted by Gasteiger charge is 2.23. The van der Waals surface area contributed by atoms with Gasteiger partial charge in [-0.2, -0.15) is 0 Å². The smallest absolute Gasteiger partial charge is 0.337 e. The number of benzene rings is 3. The third-order valence-electron chi connectivity index (χ3n) is 5.24. The number of halogens is 2. The number of carboxylic acids is 1. The van der Waals surface area contributed by atoms with Gasteiger partial charge in [0.1, 0.15) is 5.75 Å². The van der Waals surface area contributed by atoms with Crippen molar-refractivity contribution in [2.75, 3.05) is 11.5 Å². The monoisotopic (exact) mass is 529 g/mol. The number of aryl methyl sites for hydroxylation is 1. The van der Waals surface area contributed by atoms with Crippen LogP contribution < -0.4 is 9.64 Å². The molecule has 1 amide bonds. The number of carboxylic acid groups (broad SMARTS) is 1. The summed E-state index contributed by atoms with van der Waals surface area (Å²) in [5.74, 6) is -0.709. The lowest BCUT2D eigenvalue weighted by molar-refractivity contribution is -0.120. The van der Waals surface area contributed by atoms with Gasteiger partial charge in [-0.15, -0.1) is 0 Å². The van der Waals surface area contributed by atoms with Crippen molar-refractivity contribution in [3.05, 3.63) is 92.4 Å². The number of anilines is 1. The van der Waals surface area contributed by atoms with Crippen LogP contribution in [0.1, 0.15) is 46.8 Å². The molecule has 172 valence electrons. The predicted molar refractivity (Wildman–Crippen MR) is 135 cm³/mol. The molecule has 0 aliphatic heterocycles. The Labute approximate surface area is 207 Å². The van der Waals surface area contributed by atoms with E-state index >= 15 is 0 Å². The molecule has 3 aromatic rings. The molecule has 7 heteroatoms. The second-order valence-corrected chi connectivity index (χ2v) is 9.33. The van der Waals surface area contributed by atoms with Crippen molar-refractivity contribution in [1.82, 2.24) is 0 Å². The minimum Gasteiger partial charge on any atom is -0.483 e. The van der Waals surface area contributed by atoms with Crippen molar-refractivity contribution in [2.24, 2.45) is 0 Å². The molecule has 0 aromatic heterocycles. The Morgan fingerprint density at radius 2 is 1.76 bits per heavy atom. The zero-order valence-electron chi connectivity index (χ0n) is 18.6. The third-order valence-corrected chi connectivity index (χ3v) is 6.18. The maximum atomic E-state index is 13.4. The van der Waals surface area contributed by atoms with Gasteiger partial charge in [0.15, 0.2) is 6.61 Å². The second kappa shape index (κ2) is 10.9. The van der Waals surface area contributed by atoms with Crippen molar-refractivity contribution in [2.45, 2.75) is 33.2 Å². The molecule has 3 rings (SSSR count). The number of hydrogen-bond acceptors (Lipinski definition) is 3. The van der Waals surface area contributed by atoms with Crippen molar-refractivity contribution >= 4 is 45.1 Å². The van der Waals surface area contributed by atoms with Gasteiger partial charge >= 0.3 is 5.97 Å². The maximum absolute atomic E-state index is 13.4. The van der Waals surface area contributed by atoms with E-state index in [4.69, 9.17) is 16.3 Å². The predicted octanol–water partition coefficient (Wildman–Crippen LogP) is 6.84. The minimum atomic E-state index is -1.10. The standard InChI is InChI=1S/C26H25BrClNO4/c1-16(2)21-13-22(28)17(3)12-24(21)33-15-25(30)29(14-18-8-10-19(27)11-9-18)23-7-5-4-6-20(23)26(31)32/h4-13,16H,14-15H2,1-3H3,(H,31,32). The fourth-order valence-electron chi connectivity index (χ4n) is 3.43. The first-order chi connectivity index (χ1) is 15.7. The SMILES string of the molecule is Cc1cc(OCC(=O)N(Cc2ccc(Br)cc2)c2ccccc2C(=O)O)c(C(C)C)cc1Cl. The van der Waals surface area contributed by atoms with Gasteiger partial charge in [-0.25, -0.2) is 4.79 Å². The van der Waals surface area contributed by atoms with E-state index in [9.17, 15) is 14.7 Å². The van der Waals surface area contributed by atoms with Crippen LogP contribution in [-0.4, -0.2) is 23.6 Å². The second-order valence-electron chi connectivity index (χ2n) is 8.01. The van der Waals surface area contributed by atoms with E-state index in [1.165, 1.54) is 11.0 Å². The first-order valence-corrected chi connectivity index (χ1v) is 11.6. The van der Waals surface area contributed by atoms with Crippen LogP contribution in [0, 0.1) is 6.92 Å². The fraction of sp³-hybridized carbons (Fsp3) is 0.231. The molecule has 5 nitrogen and oxygen atoms in total. The molecule has 0 aliphatic carbocycles. The van der Waals surface area contributed by atoms with Gasteiger partial charge in [-0.1, -0.05) is 65.6 Å². The summed E-state index contributed by atoms with van der Waals surface area (Å²) in [4.78, 5) is 26.6. The highest BCUT2D eigenvalue weighted by Crippen LogP contribution is 2.32. The summed E-state index contributed by atoms with van der Waals surface area (Å²) in [6.07, 6.45) is 0. The summed E-state index contributed by atoms with van der Waals surface area (Å²) in [5, 5.41) is 10.3. The molecule has 1 N–H and O–H groups in total. The Morgan fingerprint density at radius 1 is 1.09 bits per heavy atom. The molecule has 3 aromatic carbocycles. The molecule has 0 unspecified atom stereocenters. The average molecular weight is 531 g/mol. The van der Waals surface area contributed by atoms with E-state index in [0.717, 1.165) is 21.2 Å². The molecule has 0 heterocycles. The first-order valence-electron chi connectivity index (χ1n) is 10.5. The average Bonchev–Trinajstić information content (AvgIpc) is 2.78. The number of ether oxygens (including phenoxy) is 1. The number of amides is 1. The maximum Gasteiger partial charge on any atom is 0.337 e. The Morgan fingerprint density at radius 3 is 2.39 bits per heavy atom. The van der Waals surface area contributed by atoms with Crippen molar-refractivity contribution in [3.63, 3.8) is 0 Å². The Bertz CT molecular complexity index is 1160. The fourth-order valence-corrected chi connectivity index (χ4v) is 3.87. The molecule has 0 bridgehead atoms. The van der Waals surface area contributed by atoms with Crippen LogP contribution in [0.5, 0.6) is 5.75 Å². The summed E-state index contributed by atoms with van der Waals surface area (Å²) in [6.45, 7) is 5.89. The molecule has 33 heavy (non-hydrogen) atoms. The lowest BCUT2D eigenvalue weighted by atomic mass is 10.0. The van der Waals surface area contributed by atoms with E-state index in [1.807, 2.05) is 57.2 Å². The van der Waals surface area contributed by atoms with Crippen LogP contribution in [0.3, 0.4) is 0 Å². The molecular formula is C26H25BrClNO4. The zero-order chi connectivity index (χ0) is 24.1. The number of carbonyl (C=O) groups is 2. The molecule has 0 spiro atoms. The van der Waals surface area contributed by atoms with Crippen LogP contribution in [0.2, 0.25) is 5.02 Å². The van der Waals surface area contributed by atoms with E-state index in [2.05, 4.69) is 15.9 Å². The summed E-state index contributed by atoms with van der Waals surface area (Å²) in [6, 6.07) is 17.7. The lowest BCUT2D eigenvalue weighted by Gasteiger charge is -2.25. The van der Waals surface area contributed by atoms with Gasteiger partial charge in [-0.05, 0) is 65.9 Å². The molecule has 0 saturated carbocycles. The van der Waals surface area contributed by atoms with Crippen LogP contribution in [-0.2, 0) is 11.3 Å². The molecule has 0 radical (unpaired) electrons. The molecule has 0 fully saturated rings. The van der Waals surface area contributed by atoms with Gasteiger partial charge in [0, 0.05) is 9.50 Å². The van der Waals surface area contributed by atoms with Crippen LogP contribution >= 0.6 is 27.5 Å². The van der Waals surface area contributed by atoms with Gasteiger partial charge in [0.2, 0.25) is 0 Å². The first kappa shape index (κ1) is 24.8. The number of hydrogen-bond donors (Lipinski definition) is 1. The Kier molecular flexibility index (Phi) is 8.16. The number of aromatic carboxylic acids is 1. The highest BCUT2D eigenvalue weighted by atomic mass is 79.9. The van der Waals surface area contributed by atoms with Gasteiger partial charge in [0.25, 0.3) is 5.91 Å². The van der Waals surface area contributed by atoms with E-state index in [0.29, 0.717) is 16.5 Å². The Balaban J connectivity index is 1.93. The number of para-hydroxylation sites is 1. The number of nitrogens with zero attached hydrogens (tertiary/aromatic N) is 1. The van der Waals surface area contributed by atoms with Gasteiger partial charge in [-0.3, -0.25) is 4.79 Å². The largest absolute Gasteiger partial charge is 0.483 e. The van der Waals surface area contributed by atoms with Crippen LogP contribution in [0.25, 0.3) is 0 Å². The summed E-state index contributed by atoms with van der Waals surface area (Å²) < 4.78 is 6.87. The minimum absolute atomic E-state index is 0.0492. The molecule has 0 aliphatic rings. The van der Waals surface area contributed by atoms with Crippen molar-refractivity contribution < 1.29 is 19.4 Å². The summed E-state index contributed by atoms with van der Waals surface area (Å²) in [7, 11) is 0. The van der Waals surface area contributed by atoms with E-state index in [-0.39, 0.29) is 30.5 Å². The van der Waals surface area contributed by atoms with Crippen LogP contribution in [0.4, 0.5) is 5.69 Å². The number of rotatable bonds is 8. The highest BCUT2D eigenvalue weighted by molar-refractivity contribution is 9.10. The van der Waals surface area contributed by atoms with Crippen molar-refractivity contribution in [3.8, 4) is 5.75 Å². The summed E-state index contributed by atoms with van der Waals surface area (Å²) in [5.41, 5.74) is 2.98. The zero-order valence-corrected chi connectivity index (χ0v) is 21.0. The van der Waals surface area contributed by atoms with E-state index in [1.54, 1.807) is 18.2 Å².